The molecule has 0 saturated carbocycles. The Morgan fingerprint density at radius 2 is 1.90 bits per heavy atom. The molecule has 0 bridgehead atoms. The maximum Gasteiger partial charge on any atom is 0.283 e. The molecule has 1 N–H and O–H groups in total. The smallest absolute Gasteiger partial charge is 0.283 e. The van der Waals surface area contributed by atoms with E-state index in [-0.39, 0.29) is 17.1 Å². The number of nitrogens with zero attached hydrogens (tertiary/aromatic N) is 5. The zero-order chi connectivity index (χ0) is 21.3. The summed E-state index contributed by atoms with van der Waals surface area (Å²) in [4.78, 5) is 29.1. The molecule has 0 atom stereocenters. The van der Waals surface area contributed by atoms with E-state index in [1.807, 2.05) is 12.1 Å². The Hall–Kier alpha value is -3.30. The maximum absolute atomic E-state index is 13.2. The van der Waals surface area contributed by atoms with Gasteiger partial charge in [0.2, 0.25) is 5.91 Å². The second-order valence-corrected chi connectivity index (χ2v) is 7.24. The Bertz CT molecular complexity index is 1300. The van der Waals surface area contributed by atoms with Crippen LogP contribution >= 0.6 is 23.2 Å². The molecular weight excluding hydrogens is 434 g/mol. The van der Waals surface area contributed by atoms with E-state index in [0.717, 1.165) is 16.2 Å². The molecule has 0 aliphatic carbocycles. The molecule has 0 saturated heterocycles. The largest absolute Gasteiger partial charge is 0.324 e. The number of fused-ring (bicyclic) bond motifs is 1. The maximum atomic E-state index is 13.2. The fourth-order valence-electron chi connectivity index (χ4n) is 2.80. The standard InChI is InChI=1S/C19H13Cl2FN6O2/c20-12-3-1-11(2-4-12)8-28-18-17(25-26-28)19(30)27(10-23-18)9-16(29)24-13-5-6-15(22)14(21)7-13/h1-7,10H,8-9H2,(H,24,29). The van der Waals surface area contributed by atoms with Crippen LogP contribution in [0.15, 0.2) is 53.6 Å². The molecule has 152 valence electrons. The first-order valence-corrected chi connectivity index (χ1v) is 9.44. The minimum absolute atomic E-state index is 0.0455. The predicted molar refractivity (Wildman–Crippen MR) is 110 cm³/mol. The van der Waals surface area contributed by atoms with Crippen molar-refractivity contribution >= 4 is 46.0 Å². The molecule has 2 heterocycles. The molecule has 0 unspecified atom stereocenters. The van der Waals surface area contributed by atoms with Crippen molar-refractivity contribution in [3.05, 3.63) is 80.6 Å². The molecule has 1 amide bonds. The van der Waals surface area contributed by atoms with Gasteiger partial charge in [-0.05, 0) is 35.9 Å². The summed E-state index contributed by atoms with van der Waals surface area (Å²) < 4.78 is 15.8. The number of hydrogen-bond donors (Lipinski definition) is 1. The van der Waals surface area contributed by atoms with E-state index < -0.39 is 17.3 Å². The summed E-state index contributed by atoms with van der Waals surface area (Å²) in [5, 5.41) is 10.9. The molecule has 0 aliphatic heterocycles. The highest BCUT2D eigenvalue weighted by Crippen LogP contribution is 2.19. The van der Waals surface area contributed by atoms with Gasteiger partial charge < -0.3 is 5.32 Å². The number of nitrogens with one attached hydrogen (secondary N) is 1. The van der Waals surface area contributed by atoms with Gasteiger partial charge in [0.1, 0.15) is 18.7 Å². The third kappa shape index (κ3) is 4.17. The highest BCUT2D eigenvalue weighted by Gasteiger charge is 2.14. The van der Waals surface area contributed by atoms with Crippen LogP contribution in [-0.2, 0) is 17.9 Å². The molecule has 30 heavy (non-hydrogen) atoms. The highest BCUT2D eigenvalue weighted by molar-refractivity contribution is 6.31. The van der Waals surface area contributed by atoms with Crippen LogP contribution in [0.2, 0.25) is 10.0 Å². The number of rotatable bonds is 5. The van der Waals surface area contributed by atoms with E-state index in [1.54, 1.807) is 12.1 Å². The van der Waals surface area contributed by atoms with Crippen molar-refractivity contribution < 1.29 is 9.18 Å². The first-order valence-electron chi connectivity index (χ1n) is 8.68. The summed E-state index contributed by atoms with van der Waals surface area (Å²) >= 11 is 11.6. The fourth-order valence-corrected chi connectivity index (χ4v) is 3.10. The van der Waals surface area contributed by atoms with Crippen molar-refractivity contribution in [1.82, 2.24) is 24.5 Å². The van der Waals surface area contributed by atoms with Crippen molar-refractivity contribution in [3.8, 4) is 0 Å². The van der Waals surface area contributed by atoms with Gasteiger partial charge in [0, 0.05) is 10.7 Å². The Morgan fingerprint density at radius 3 is 2.63 bits per heavy atom. The summed E-state index contributed by atoms with van der Waals surface area (Å²) in [5.41, 5.74) is 1.06. The molecule has 4 aromatic rings. The Morgan fingerprint density at radius 1 is 1.13 bits per heavy atom. The van der Waals surface area contributed by atoms with E-state index in [1.165, 1.54) is 23.1 Å². The third-order valence-electron chi connectivity index (χ3n) is 4.25. The predicted octanol–water partition coefficient (Wildman–Crippen LogP) is 3.12. The lowest BCUT2D eigenvalue weighted by Crippen LogP contribution is -2.28. The summed E-state index contributed by atoms with van der Waals surface area (Å²) in [6.07, 6.45) is 1.25. The van der Waals surface area contributed by atoms with Crippen LogP contribution in [0.4, 0.5) is 10.1 Å². The molecule has 2 aromatic carbocycles. The van der Waals surface area contributed by atoms with Gasteiger partial charge in [-0.25, -0.2) is 14.1 Å². The van der Waals surface area contributed by atoms with Gasteiger partial charge in [-0.2, -0.15) is 0 Å². The summed E-state index contributed by atoms with van der Waals surface area (Å²) in [6.45, 7) is 0.0523. The van der Waals surface area contributed by atoms with Gasteiger partial charge in [0.05, 0.1) is 11.6 Å². The molecule has 0 spiro atoms. The zero-order valence-corrected chi connectivity index (χ0v) is 16.7. The highest BCUT2D eigenvalue weighted by atomic mass is 35.5. The number of hydrogen-bond acceptors (Lipinski definition) is 5. The molecule has 11 heteroatoms. The van der Waals surface area contributed by atoms with E-state index in [9.17, 15) is 14.0 Å². The molecule has 2 aromatic heterocycles. The molecule has 0 fully saturated rings. The molecule has 0 aliphatic rings. The van der Waals surface area contributed by atoms with Gasteiger partial charge in [-0.1, -0.05) is 40.5 Å². The molecular formula is C19H13Cl2FN6O2. The first-order chi connectivity index (χ1) is 14.4. The van der Waals surface area contributed by atoms with Crippen molar-refractivity contribution in [1.29, 1.82) is 0 Å². The number of carbonyl (C=O) groups excluding carboxylic acids is 1. The van der Waals surface area contributed by atoms with Crippen LogP contribution in [0.5, 0.6) is 0 Å². The zero-order valence-electron chi connectivity index (χ0n) is 15.2. The minimum atomic E-state index is -0.595. The number of halogens is 3. The lowest BCUT2D eigenvalue weighted by Gasteiger charge is -2.08. The number of anilines is 1. The number of benzene rings is 2. The van der Waals surface area contributed by atoms with E-state index in [2.05, 4.69) is 20.6 Å². The topological polar surface area (TPSA) is 94.7 Å². The van der Waals surface area contributed by atoms with Gasteiger partial charge in [0.15, 0.2) is 11.2 Å². The monoisotopic (exact) mass is 446 g/mol. The second kappa shape index (κ2) is 8.21. The van der Waals surface area contributed by atoms with Crippen molar-refractivity contribution in [2.45, 2.75) is 13.1 Å². The second-order valence-electron chi connectivity index (χ2n) is 6.40. The van der Waals surface area contributed by atoms with Crippen molar-refractivity contribution in [3.63, 3.8) is 0 Å². The average molecular weight is 447 g/mol. The summed E-state index contributed by atoms with van der Waals surface area (Å²) in [7, 11) is 0. The van der Waals surface area contributed by atoms with Crippen LogP contribution in [0.25, 0.3) is 11.2 Å². The van der Waals surface area contributed by atoms with Gasteiger partial charge >= 0.3 is 0 Å². The van der Waals surface area contributed by atoms with Gasteiger partial charge in [-0.15, -0.1) is 5.10 Å². The normalized spacial score (nSPS) is 11.0. The number of aromatic nitrogens is 5. The molecule has 0 radical (unpaired) electrons. The lowest BCUT2D eigenvalue weighted by atomic mass is 10.2. The van der Waals surface area contributed by atoms with Crippen LogP contribution in [0.3, 0.4) is 0 Å². The Balaban J connectivity index is 1.53. The molecule has 8 nitrogen and oxygen atoms in total. The minimum Gasteiger partial charge on any atom is -0.324 e. The van der Waals surface area contributed by atoms with Crippen molar-refractivity contribution in [2.24, 2.45) is 0 Å². The van der Waals surface area contributed by atoms with E-state index >= 15 is 0 Å². The quantitative estimate of drug-likeness (QED) is 0.508. The average Bonchev–Trinajstić information content (AvgIpc) is 3.12. The summed E-state index contributed by atoms with van der Waals surface area (Å²) in [5.74, 6) is -1.10. The number of carbonyl (C=O) groups is 1. The Labute approximate surface area is 178 Å². The Kier molecular flexibility index (Phi) is 5.47. The molecule has 4 rings (SSSR count). The van der Waals surface area contributed by atoms with E-state index in [0.29, 0.717) is 22.9 Å². The van der Waals surface area contributed by atoms with Crippen LogP contribution in [0, 0.1) is 5.82 Å². The summed E-state index contributed by atoms with van der Waals surface area (Å²) in [6, 6.07) is 11.0. The first kappa shape index (κ1) is 20.0. The van der Waals surface area contributed by atoms with Gasteiger partial charge in [-0.3, -0.25) is 14.2 Å². The van der Waals surface area contributed by atoms with Crippen LogP contribution < -0.4 is 10.9 Å². The van der Waals surface area contributed by atoms with E-state index in [4.69, 9.17) is 23.2 Å². The van der Waals surface area contributed by atoms with Crippen LogP contribution in [0.1, 0.15) is 5.56 Å². The van der Waals surface area contributed by atoms with Crippen molar-refractivity contribution in [2.75, 3.05) is 5.32 Å². The fraction of sp³-hybridized carbons (Fsp3) is 0.105. The van der Waals surface area contributed by atoms with Crippen LogP contribution in [-0.4, -0.2) is 30.5 Å². The lowest BCUT2D eigenvalue weighted by molar-refractivity contribution is -0.116. The number of amides is 1. The van der Waals surface area contributed by atoms with Gasteiger partial charge in [0.25, 0.3) is 5.56 Å². The SMILES string of the molecule is O=C(Cn1cnc2c(nnn2Cc2ccc(Cl)cc2)c1=O)Nc1ccc(F)c(Cl)c1. The third-order valence-corrected chi connectivity index (χ3v) is 4.80.